The molecule has 0 radical (unpaired) electrons. The molecule has 0 saturated carbocycles. The Labute approximate surface area is 234 Å². The summed E-state index contributed by atoms with van der Waals surface area (Å²) in [5, 5.41) is 5.13. The van der Waals surface area contributed by atoms with E-state index < -0.39 is 23.6 Å². The minimum absolute atomic E-state index is 0.00662. The molecule has 2 aliphatic heterocycles. The number of hydrogen-bond donors (Lipinski definition) is 2. The van der Waals surface area contributed by atoms with Crippen molar-refractivity contribution >= 4 is 35.4 Å². The monoisotopic (exact) mass is 560 g/mol. The number of carbonyl (C=O) groups excluding carboxylic acids is 5. The number of ether oxygens (including phenoxy) is 3. The lowest BCUT2D eigenvalue weighted by molar-refractivity contribution is -0.137. The summed E-state index contributed by atoms with van der Waals surface area (Å²) in [6.07, 6.45) is 0.785. The van der Waals surface area contributed by atoms with Crippen LogP contribution in [0.1, 0.15) is 69.3 Å². The van der Waals surface area contributed by atoms with Crippen LogP contribution in [0.4, 0.5) is 10.5 Å². The van der Waals surface area contributed by atoms with Gasteiger partial charge in [0.2, 0.25) is 17.7 Å². The van der Waals surface area contributed by atoms with Gasteiger partial charge < -0.3 is 29.3 Å². The number of benzene rings is 1. The number of rotatable bonds is 13. The second-order valence-corrected chi connectivity index (χ2v) is 10.7. The number of imide groups is 1. The van der Waals surface area contributed by atoms with Crippen LogP contribution in [0.2, 0.25) is 0 Å². The Morgan fingerprint density at radius 1 is 1.07 bits per heavy atom. The van der Waals surface area contributed by atoms with Crippen LogP contribution in [0.5, 0.6) is 0 Å². The number of piperidine rings is 1. The largest absolute Gasteiger partial charge is 0.444 e. The van der Waals surface area contributed by atoms with E-state index in [0.29, 0.717) is 36.6 Å². The Balaban J connectivity index is 1.58. The molecular weight excluding hydrogens is 520 g/mol. The number of amides is 5. The summed E-state index contributed by atoms with van der Waals surface area (Å²) in [4.78, 5) is 65.4. The lowest BCUT2D eigenvalue weighted by Crippen LogP contribution is -2.52. The molecule has 220 valence electrons. The molecular formula is C28H40N4O8. The van der Waals surface area contributed by atoms with Crippen molar-refractivity contribution in [1.82, 2.24) is 15.1 Å². The molecule has 1 atom stereocenters. The van der Waals surface area contributed by atoms with Crippen LogP contribution in [0.15, 0.2) is 18.2 Å². The van der Waals surface area contributed by atoms with Crippen LogP contribution in [0.3, 0.4) is 0 Å². The van der Waals surface area contributed by atoms with Crippen molar-refractivity contribution in [2.24, 2.45) is 0 Å². The summed E-state index contributed by atoms with van der Waals surface area (Å²) >= 11 is 0. The Bertz CT molecular complexity index is 1100. The Kier molecular flexibility index (Phi) is 11.0. The fourth-order valence-electron chi connectivity index (χ4n) is 4.41. The van der Waals surface area contributed by atoms with E-state index in [1.165, 1.54) is 9.80 Å². The summed E-state index contributed by atoms with van der Waals surface area (Å²) in [6, 6.07) is 4.26. The van der Waals surface area contributed by atoms with E-state index in [-0.39, 0.29) is 63.2 Å². The summed E-state index contributed by atoms with van der Waals surface area (Å²) < 4.78 is 16.5. The minimum atomic E-state index is -0.746. The van der Waals surface area contributed by atoms with E-state index in [0.717, 1.165) is 6.42 Å². The van der Waals surface area contributed by atoms with Gasteiger partial charge in [0.1, 0.15) is 11.6 Å². The van der Waals surface area contributed by atoms with E-state index in [1.54, 1.807) is 39.0 Å². The third kappa shape index (κ3) is 8.75. The fourth-order valence-corrected chi connectivity index (χ4v) is 4.41. The van der Waals surface area contributed by atoms with Crippen molar-refractivity contribution in [3.8, 4) is 0 Å². The molecule has 12 nitrogen and oxygen atoms in total. The van der Waals surface area contributed by atoms with E-state index in [2.05, 4.69) is 10.6 Å². The quantitative estimate of drug-likeness (QED) is 0.277. The van der Waals surface area contributed by atoms with Crippen LogP contribution in [-0.4, -0.2) is 90.7 Å². The maximum Gasteiger partial charge on any atom is 0.410 e. The molecule has 2 N–H and O–H groups in total. The summed E-state index contributed by atoms with van der Waals surface area (Å²) in [6.45, 7) is 9.61. The van der Waals surface area contributed by atoms with Crippen LogP contribution < -0.4 is 10.6 Å². The molecule has 2 heterocycles. The van der Waals surface area contributed by atoms with Crippen molar-refractivity contribution < 1.29 is 38.2 Å². The molecule has 2 aliphatic rings. The van der Waals surface area contributed by atoms with Gasteiger partial charge in [-0.15, -0.1) is 0 Å². The smallest absolute Gasteiger partial charge is 0.410 e. The number of anilines is 1. The second kappa shape index (κ2) is 14.2. The lowest BCUT2D eigenvalue weighted by atomic mass is 10.0. The van der Waals surface area contributed by atoms with Crippen LogP contribution in [-0.2, 0) is 35.1 Å². The fraction of sp³-hybridized carbons (Fsp3) is 0.607. The van der Waals surface area contributed by atoms with Crippen LogP contribution >= 0.6 is 0 Å². The van der Waals surface area contributed by atoms with Crippen molar-refractivity contribution in [3.05, 3.63) is 29.3 Å². The van der Waals surface area contributed by atoms with Gasteiger partial charge in [-0.05, 0) is 45.7 Å². The van der Waals surface area contributed by atoms with Gasteiger partial charge in [-0.2, -0.15) is 0 Å². The van der Waals surface area contributed by atoms with E-state index in [4.69, 9.17) is 14.2 Å². The van der Waals surface area contributed by atoms with Crippen molar-refractivity contribution in [2.45, 2.75) is 71.6 Å². The van der Waals surface area contributed by atoms with Gasteiger partial charge in [0.15, 0.2) is 0 Å². The van der Waals surface area contributed by atoms with Crippen molar-refractivity contribution in [3.63, 3.8) is 0 Å². The molecule has 0 spiro atoms. The van der Waals surface area contributed by atoms with Gasteiger partial charge in [-0.1, -0.05) is 13.0 Å². The highest BCUT2D eigenvalue weighted by Gasteiger charge is 2.40. The molecule has 1 aromatic carbocycles. The predicted molar refractivity (Wildman–Crippen MR) is 145 cm³/mol. The third-order valence-electron chi connectivity index (χ3n) is 6.34. The molecule has 0 aromatic heterocycles. The SMILES string of the molecule is CCCOCCOCCN(CCC(=O)Nc1cccc2c1CN(C1CCC(=O)NC1=O)C2=O)C(=O)OC(C)(C)C. The van der Waals surface area contributed by atoms with Gasteiger partial charge in [0.05, 0.1) is 19.8 Å². The summed E-state index contributed by atoms with van der Waals surface area (Å²) in [5.74, 6) is -1.52. The average Bonchev–Trinajstić information content (AvgIpc) is 3.21. The van der Waals surface area contributed by atoms with Crippen LogP contribution in [0, 0.1) is 0 Å². The van der Waals surface area contributed by atoms with Gasteiger partial charge in [-0.3, -0.25) is 24.5 Å². The summed E-state index contributed by atoms with van der Waals surface area (Å²) in [7, 11) is 0. The number of carbonyl (C=O) groups is 5. The minimum Gasteiger partial charge on any atom is -0.444 e. The molecule has 1 aromatic rings. The molecule has 5 amide bonds. The van der Waals surface area contributed by atoms with Gasteiger partial charge >= 0.3 is 6.09 Å². The number of fused-ring (bicyclic) bond motifs is 1. The number of nitrogens with one attached hydrogen (secondary N) is 2. The number of hydrogen-bond acceptors (Lipinski definition) is 8. The second-order valence-electron chi connectivity index (χ2n) is 10.7. The molecule has 1 fully saturated rings. The van der Waals surface area contributed by atoms with E-state index in [1.807, 2.05) is 6.92 Å². The first-order valence-corrected chi connectivity index (χ1v) is 13.7. The summed E-state index contributed by atoms with van der Waals surface area (Å²) in [5.41, 5.74) is 0.772. The maximum absolute atomic E-state index is 13.0. The molecule has 12 heteroatoms. The van der Waals surface area contributed by atoms with Crippen molar-refractivity contribution in [2.75, 3.05) is 44.8 Å². The van der Waals surface area contributed by atoms with Crippen LogP contribution in [0.25, 0.3) is 0 Å². The topological polar surface area (TPSA) is 144 Å². The Morgan fingerprint density at radius 2 is 1.80 bits per heavy atom. The third-order valence-corrected chi connectivity index (χ3v) is 6.34. The zero-order chi connectivity index (χ0) is 29.3. The average molecular weight is 561 g/mol. The Hall–Kier alpha value is -3.51. The van der Waals surface area contributed by atoms with Gasteiger partial charge in [0.25, 0.3) is 5.91 Å². The highest BCUT2D eigenvalue weighted by Crippen LogP contribution is 2.32. The van der Waals surface area contributed by atoms with E-state index >= 15 is 0 Å². The van der Waals surface area contributed by atoms with Crippen molar-refractivity contribution in [1.29, 1.82) is 0 Å². The number of nitrogens with zero attached hydrogens (tertiary/aromatic N) is 2. The molecule has 40 heavy (non-hydrogen) atoms. The molecule has 3 rings (SSSR count). The first-order valence-electron chi connectivity index (χ1n) is 13.7. The maximum atomic E-state index is 13.0. The highest BCUT2D eigenvalue weighted by molar-refractivity contribution is 6.06. The van der Waals surface area contributed by atoms with Gasteiger partial charge in [-0.25, -0.2) is 4.79 Å². The molecule has 0 aliphatic carbocycles. The standard InChI is InChI=1S/C28H40N4O8/c1-5-14-38-16-17-39-15-13-31(27(37)40-28(2,3)4)12-11-24(34)29-21-8-6-7-19-20(21)18-32(26(19)36)22-9-10-23(33)30-25(22)35/h6-8,22H,5,9-18H2,1-4H3,(H,29,34)(H,30,33,35). The molecule has 1 saturated heterocycles. The molecule has 0 bridgehead atoms. The zero-order valence-electron chi connectivity index (χ0n) is 23.7. The van der Waals surface area contributed by atoms with E-state index in [9.17, 15) is 24.0 Å². The van der Waals surface area contributed by atoms with Gasteiger partial charge in [0, 0.05) is 55.9 Å². The highest BCUT2D eigenvalue weighted by atomic mass is 16.6. The predicted octanol–water partition coefficient (Wildman–Crippen LogP) is 2.46. The molecule has 1 unspecified atom stereocenters. The first-order chi connectivity index (χ1) is 19.0. The normalized spacial score (nSPS) is 16.9. The Morgan fingerprint density at radius 3 is 2.48 bits per heavy atom. The lowest BCUT2D eigenvalue weighted by Gasteiger charge is -2.29. The first kappa shape index (κ1) is 31.0. The zero-order valence-corrected chi connectivity index (χ0v) is 23.7.